The molecule has 1 atom stereocenters. The summed E-state index contributed by atoms with van der Waals surface area (Å²) in [5.74, 6) is 0.167. The van der Waals surface area contributed by atoms with E-state index in [4.69, 9.17) is 0 Å². The van der Waals surface area contributed by atoms with E-state index < -0.39 is 21.6 Å². The first-order valence-corrected chi connectivity index (χ1v) is 10.8. The van der Waals surface area contributed by atoms with Gasteiger partial charge in [0.25, 0.3) is 0 Å². The van der Waals surface area contributed by atoms with Gasteiger partial charge in [-0.1, -0.05) is 36.4 Å². The number of aryl methyl sites for hydroxylation is 1. The third-order valence-electron chi connectivity index (χ3n) is 5.22. The Balaban J connectivity index is 1.78. The Hall–Kier alpha value is -1.82. The Labute approximate surface area is 158 Å². The molecule has 1 aliphatic rings. The van der Waals surface area contributed by atoms with E-state index in [0.717, 1.165) is 35.6 Å². The van der Waals surface area contributed by atoms with Gasteiger partial charge in [0.05, 0.1) is 16.6 Å². The summed E-state index contributed by atoms with van der Waals surface area (Å²) in [5, 5.41) is -0.387. The zero-order valence-corrected chi connectivity index (χ0v) is 16.2. The fourth-order valence-electron chi connectivity index (χ4n) is 3.61. The lowest BCUT2D eigenvalue weighted by molar-refractivity contribution is -0.137. The topological polar surface area (TPSA) is 34.1 Å². The maximum Gasteiger partial charge on any atom is 0.416 e. The molecule has 2 nitrogen and oxygen atoms in total. The third-order valence-corrected chi connectivity index (χ3v) is 7.53. The van der Waals surface area contributed by atoms with E-state index in [0.29, 0.717) is 12.0 Å². The van der Waals surface area contributed by atoms with E-state index in [1.807, 2.05) is 18.2 Å². The minimum absolute atomic E-state index is 0.00927. The number of rotatable bonds is 5. The van der Waals surface area contributed by atoms with E-state index in [1.54, 1.807) is 19.9 Å². The summed E-state index contributed by atoms with van der Waals surface area (Å²) in [4.78, 5) is 0. The first kappa shape index (κ1) is 19.9. The molecule has 0 radical (unpaired) electrons. The molecule has 6 heteroatoms. The third kappa shape index (κ3) is 4.54. The molecule has 2 aromatic carbocycles. The minimum Gasteiger partial charge on any atom is -0.229 e. The van der Waals surface area contributed by atoms with Crippen LogP contribution in [0.2, 0.25) is 0 Å². The van der Waals surface area contributed by atoms with Crippen LogP contribution in [-0.4, -0.2) is 19.4 Å². The van der Waals surface area contributed by atoms with Crippen molar-refractivity contribution >= 4 is 9.84 Å². The van der Waals surface area contributed by atoms with Crippen molar-refractivity contribution in [3.8, 4) is 0 Å². The van der Waals surface area contributed by atoms with Crippen molar-refractivity contribution < 1.29 is 21.6 Å². The van der Waals surface area contributed by atoms with Crippen LogP contribution in [-0.2, 0) is 28.9 Å². The number of alkyl halides is 3. The Morgan fingerprint density at radius 2 is 1.78 bits per heavy atom. The summed E-state index contributed by atoms with van der Waals surface area (Å²) >= 11 is 0. The van der Waals surface area contributed by atoms with Crippen LogP contribution in [0.25, 0.3) is 0 Å². The summed E-state index contributed by atoms with van der Waals surface area (Å²) in [5.41, 5.74) is 3.10. The van der Waals surface area contributed by atoms with Crippen LogP contribution in [0.1, 0.15) is 54.0 Å². The highest BCUT2D eigenvalue weighted by Gasteiger charge is 2.31. The highest BCUT2D eigenvalue weighted by molar-refractivity contribution is 7.92. The van der Waals surface area contributed by atoms with Crippen molar-refractivity contribution in [2.75, 3.05) is 5.75 Å². The Morgan fingerprint density at radius 3 is 2.44 bits per heavy atom. The summed E-state index contributed by atoms with van der Waals surface area (Å²) in [6.07, 6.45) is -2.31. The average molecular weight is 396 g/mol. The number of hydrogen-bond donors (Lipinski definition) is 0. The van der Waals surface area contributed by atoms with Crippen LogP contribution >= 0.6 is 0 Å². The van der Waals surface area contributed by atoms with Crippen molar-refractivity contribution in [1.29, 1.82) is 0 Å². The molecule has 0 spiro atoms. The van der Waals surface area contributed by atoms with E-state index in [-0.39, 0.29) is 16.9 Å². The lowest BCUT2D eigenvalue weighted by atomic mass is 9.97. The molecular formula is C21H23F3O2S. The Morgan fingerprint density at radius 1 is 1.07 bits per heavy atom. The highest BCUT2D eigenvalue weighted by atomic mass is 32.2. The van der Waals surface area contributed by atoms with Gasteiger partial charge in [0.2, 0.25) is 0 Å². The van der Waals surface area contributed by atoms with Gasteiger partial charge in [0.1, 0.15) is 0 Å². The molecule has 0 saturated heterocycles. The molecule has 0 bridgehead atoms. The zero-order valence-electron chi connectivity index (χ0n) is 15.4. The molecule has 0 fully saturated rings. The predicted octanol–water partition coefficient (Wildman–Crippen LogP) is 5.15. The normalized spacial score (nSPS) is 17.3. The van der Waals surface area contributed by atoms with Crippen LogP contribution < -0.4 is 0 Å². The number of benzene rings is 2. The molecule has 0 amide bonds. The van der Waals surface area contributed by atoms with Crippen molar-refractivity contribution in [3.05, 3.63) is 70.3 Å². The molecule has 0 heterocycles. The van der Waals surface area contributed by atoms with Gasteiger partial charge < -0.3 is 0 Å². The zero-order chi connectivity index (χ0) is 19.8. The number of fused-ring (bicyclic) bond motifs is 1. The number of hydrogen-bond acceptors (Lipinski definition) is 2. The summed E-state index contributed by atoms with van der Waals surface area (Å²) in [6, 6.07) is 11.2. The molecule has 1 aliphatic carbocycles. The van der Waals surface area contributed by atoms with Gasteiger partial charge in [-0.2, -0.15) is 13.2 Å². The van der Waals surface area contributed by atoms with Gasteiger partial charge >= 0.3 is 6.18 Å². The predicted molar refractivity (Wildman–Crippen MR) is 101 cm³/mol. The molecule has 0 aromatic heterocycles. The van der Waals surface area contributed by atoms with Crippen molar-refractivity contribution in [2.45, 2.75) is 50.5 Å². The lowest BCUT2D eigenvalue weighted by Crippen LogP contribution is -2.21. The monoisotopic (exact) mass is 396 g/mol. The Bertz CT molecular complexity index is 931. The lowest BCUT2D eigenvalue weighted by Gasteiger charge is -2.15. The first-order chi connectivity index (χ1) is 12.6. The molecular weight excluding hydrogens is 373 g/mol. The average Bonchev–Trinajstić information content (AvgIpc) is 2.96. The van der Waals surface area contributed by atoms with Crippen LogP contribution in [0, 0.1) is 0 Å². The quantitative estimate of drug-likeness (QED) is 0.701. The van der Waals surface area contributed by atoms with Crippen molar-refractivity contribution in [1.82, 2.24) is 0 Å². The van der Waals surface area contributed by atoms with Crippen LogP contribution in [0.3, 0.4) is 0 Å². The maximum absolute atomic E-state index is 12.9. The molecule has 0 saturated carbocycles. The second-order valence-corrected chi connectivity index (χ2v) is 10.1. The molecule has 1 unspecified atom stereocenters. The fourth-order valence-corrected chi connectivity index (χ4v) is 4.90. The minimum atomic E-state index is -4.34. The van der Waals surface area contributed by atoms with Gasteiger partial charge in [-0.05, 0) is 67.3 Å². The second kappa shape index (κ2) is 7.30. The molecule has 2 aromatic rings. The van der Waals surface area contributed by atoms with Crippen LogP contribution in [0.5, 0.6) is 0 Å². The molecule has 0 N–H and O–H groups in total. The summed E-state index contributed by atoms with van der Waals surface area (Å²) in [7, 11) is -3.11. The molecule has 0 aliphatic heterocycles. The first-order valence-electron chi connectivity index (χ1n) is 9.05. The van der Waals surface area contributed by atoms with Crippen molar-refractivity contribution in [2.24, 2.45) is 0 Å². The van der Waals surface area contributed by atoms with Crippen LogP contribution in [0.15, 0.2) is 42.5 Å². The van der Waals surface area contributed by atoms with Crippen LogP contribution in [0.4, 0.5) is 13.2 Å². The summed E-state index contributed by atoms with van der Waals surface area (Å²) < 4.78 is 63.1. The van der Waals surface area contributed by atoms with E-state index >= 15 is 0 Å². The van der Waals surface area contributed by atoms with E-state index in [2.05, 4.69) is 0 Å². The SMILES string of the molecule is CC(C)S(=O)(=O)CC1CCc2cc(Cc3cccc(C(F)(F)F)c3)ccc21. The Kier molecular flexibility index (Phi) is 5.39. The number of sulfone groups is 1. The largest absolute Gasteiger partial charge is 0.416 e. The van der Waals surface area contributed by atoms with Gasteiger partial charge in [-0.25, -0.2) is 8.42 Å². The molecule has 3 rings (SSSR count). The smallest absolute Gasteiger partial charge is 0.229 e. The highest BCUT2D eigenvalue weighted by Crippen LogP contribution is 2.36. The maximum atomic E-state index is 12.9. The number of halogens is 3. The second-order valence-electron chi connectivity index (χ2n) is 7.52. The van der Waals surface area contributed by atoms with Crippen molar-refractivity contribution in [3.63, 3.8) is 0 Å². The van der Waals surface area contributed by atoms with Gasteiger partial charge in [0, 0.05) is 0 Å². The summed E-state index contributed by atoms with van der Waals surface area (Å²) in [6.45, 7) is 3.40. The standard InChI is InChI=1S/C21H23F3O2S/c1-14(2)27(25,26)13-18-8-7-17-11-16(6-9-20(17)18)10-15-4-3-5-19(12-15)21(22,23)24/h3-6,9,11-12,14,18H,7-8,10,13H2,1-2H3. The fraction of sp³-hybridized carbons (Fsp3) is 0.429. The van der Waals surface area contributed by atoms with Gasteiger partial charge in [-0.3, -0.25) is 0 Å². The van der Waals surface area contributed by atoms with E-state index in [9.17, 15) is 21.6 Å². The molecule has 27 heavy (non-hydrogen) atoms. The molecule has 146 valence electrons. The van der Waals surface area contributed by atoms with Gasteiger partial charge in [-0.15, -0.1) is 0 Å². The van der Waals surface area contributed by atoms with Gasteiger partial charge in [0.15, 0.2) is 9.84 Å². The van der Waals surface area contributed by atoms with E-state index in [1.165, 1.54) is 12.1 Å².